The molecular formula is C29H28N2O7. The SMILES string of the molecule is COc1ccc(OC)c(/C(O)=C2\C(=O)C(=O)N(c3ccc(C(=O)OCC(C)C)cc3)C2c2cccnc2)c1. The van der Waals surface area contributed by atoms with Crippen molar-refractivity contribution in [3.8, 4) is 11.5 Å². The van der Waals surface area contributed by atoms with Crippen LogP contribution in [0.25, 0.3) is 5.76 Å². The summed E-state index contributed by atoms with van der Waals surface area (Å²) in [5.41, 5.74) is 1.25. The summed E-state index contributed by atoms with van der Waals surface area (Å²) in [6, 6.07) is 13.4. The normalized spacial score (nSPS) is 16.6. The van der Waals surface area contributed by atoms with Crippen LogP contribution in [0.2, 0.25) is 0 Å². The lowest BCUT2D eigenvalue weighted by atomic mass is 9.95. The van der Waals surface area contributed by atoms with Gasteiger partial charge in [0, 0.05) is 18.1 Å². The van der Waals surface area contributed by atoms with Gasteiger partial charge in [0.25, 0.3) is 11.7 Å². The number of anilines is 1. The molecule has 1 aromatic heterocycles. The van der Waals surface area contributed by atoms with Crippen LogP contribution in [0.15, 0.2) is 72.6 Å². The van der Waals surface area contributed by atoms with Crippen LogP contribution in [0.3, 0.4) is 0 Å². The van der Waals surface area contributed by atoms with E-state index >= 15 is 0 Å². The zero-order valence-electron chi connectivity index (χ0n) is 21.5. The van der Waals surface area contributed by atoms with Crippen LogP contribution >= 0.6 is 0 Å². The Morgan fingerprint density at radius 2 is 1.79 bits per heavy atom. The van der Waals surface area contributed by atoms with Crippen LogP contribution in [-0.4, -0.2) is 48.6 Å². The Morgan fingerprint density at radius 1 is 1.05 bits per heavy atom. The molecule has 9 heteroatoms. The molecule has 38 heavy (non-hydrogen) atoms. The number of Topliss-reactive ketones (excluding diaryl/α,β-unsaturated/α-hetero) is 1. The maximum absolute atomic E-state index is 13.4. The molecule has 196 valence electrons. The van der Waals surface area contributed by atoms with E-state index in [4.69, 9.17) is 14.2 Å². The molecule has 1 N–H and O–H groups in total. The van der Waals surface area contributed by atoms with Gasteiger partial charge in [-0.3, -0.25) is 19.5 Å². The summed E-state index contributed by atoms with van der Waals surface area (Å²) in [7, 11) is 2.91. The fourth-order valence-corrected chi connectivity index (χ4v) is 4.18. The number of carbonyl (C=O) groups excluding carboxylic acids is 3. The van der Waals surface area contributed by atoms with Crippen molar-refractivity contribution >= 4 is 29.1 Å². The number of ketones is 1. The Kier molecular flexibility index (Phi) is 7.76. The molecule has 1 unspecified atom stereocenters. The van der Waals surface area contributed by atoms with E-state index in [1.807, 2.05) is 13.8 Å². The van der Waals surface area contributed by atoms with Crippen LogP contribution in [0, 0.1) is 5.92 Å². The number of esters is 1. The smallest absolute Gasteiger partial charge is 0.338 e. The molecule has 1 amide bonds. The van der Waals surface area contributed by atoms with Crippen molar-refractivity contribution in [2.24, 2.45) is 5.92 Å². The van der Waals surface area contributed by atoms with Crippen molar-refractivity contribution in [3.05, 3.63) is 89.3 Å². The molecule has 1 aliphatic rings. The summed E-state index contributed by atoms with van der Waals surface area (Å²) in [6.45, 7) is 4.16. The first kappa shape index (κ1) is 26.4. The first-order valence-corrected chi connectivity index (χ1v) is 12.0. The summed E-state index contributed by atoms with van der Waals surface area (Å²) in [5, 5.41) is 11.4. The molecule has 2 heterocycles. The molecule has 0 radical (unpaired) electrons. The molecule has 0 bridgehead atoms. The number of aliphatic hydroxyl groups excluding tert-OH is 1. The number of amides is 1. The topological polar surface area (TPSA) is 115 Å². The van der Waals surface area contributed by atoms with Gasteiger partial charge in [0.05, 0.1) is 43.6 Å². The maximum Gasteiger partial charge on any atom is 0.338 e. The third kappa shape index (κ3) is 5.08. The van der Waals surface area contributed by atoms with Crippen molar-refractivity contribution in [2.45, 2.75) is 19.9 Å². The van der Waals surface area contributed by atoms with Gasteiger partial charge in [-0.25, -0.2) is 4.79 Å². The van der Waals surface area contributed by atoms with Crippen LogP contribution in [0.4, 0.5) is 5.69 Å². The third-order valence-corrected chi connectivity index (χ3v) is 6.04. The number of benzene rings is 2. The van der Waals surface area contributed by atoms with E-state index in [-0.39, 0.29) is 23.7 Å². The number of nitrogens with zero attached hydrogens (tertiary/aromatic N) is 2. The van der Waals surface area contributed by atoms with E-state index in [2.05, 4.69) is 4.98 Å². The minimum Gasteiger partial charge on any atom is -0.507 e. The zero-order valence-corrected chi connectivity index (χ0v) is 21.5. The van der Waals surface area contributed by atoms with Gasteiger partial charge in [0.15, 0.2) is 0 Å². The molecule has 1 aliphatic heterocycles. The molecule has 9 nitrogen and oxygen atoms in total. The van der Waals surface area contributed by atoms with E-state index in [1.54, 1.807) is 42.6 Å². The Hall–Kier alpha value is -4.66. The van der Waals surface area contributed by atoms with Crippen molar-refractivity contribution in [1.82, 2.24) is 4.98 Å². The molecule has 0 saturated carbocycles. The average molecular weight is 517 g/mol. The number of pyridine rings is 1. The number of hydrogen-bond donors (Lipinski definition) is 1. The molecule has 4 rings (SSSR count). The van der Waals surface area contributed by atoms with E-state index in [1.165, 1.54) is 43.5 Å². The van der Waals surface area contributed by atoms with Crippen molar-refractivity contribution in [2.75, 3.05) is 25.7 Å². The number of ether oxygens (including phenoxy) is 3. The second-order valence-corrected chi connectivity index (χ2v) is 9.06. The number of aliphatic hydroxyl groups is 1. The Morgan fingerprint density at radius 3 is 2.39 bits per heavy atom. The predicted octanol–water partition coefficient (Wildman–Crippen LogP) is 4.54. The number of methoxy groups -OCH3 is 2. The molecular weight excluding hydrogens is 488 g/mol. The fourth-order valence-electron chi connectivity index (χ4n) is 4.18. The fraction of sp³-hybridized carbons (Fsp3) is 0.241. The lowest BCUT2D eigenvalue weighted by molar-refractivity contribution is -0.132. The highest BCUT2D eigenvalue weighted by Crippen LogP contribution is 2.43. The van der Waals surface area contributed by atoms with Gasteiger partial charge >= 0.3 is 5.97 Å². The molecule has 0 spiro atoms. The van der Waals surface area contributed by atoms with E-state index in [0.717, 1.165) is 0 Å². The third-order valence-electron chi connectivity index (χ3n) is 6.04. The molecule has 1 atom stereocenters. The van der Waals surface area contributed by atoms with Crippen molar-refractivity contribution in [3.63, 3.8) is 0 Å². The van der Waals surface area contributed by atoms with Gasteiger partial charge in [0.2, 0.25) is 0 Å². The van der Waals surface area contributed by atoms with Gasteiger partial charge in [-0.2, -0.15) is 0 Å². The lowest BCUT2D eigenvalue weighted by Gasteiger charge is -2.25. The molecule has 0 aliphatic carbocycles. The molecule has 3 aromatic rings. The van der Waals surface area contributed by atoms with Crippen LogP contribution < -0.4 is 14.4 Å². The molecule has 1 fully saturated rings. The summed E-state index contributed by atoms with van der Waals surface area (Å²) in [6.07, 6.45) is 3.09. The van der Waals surface area contributed by atoms with Gasteiger partial charge in [-0.15, -0.1) is 0 Å². The standard InChI is InChI=1S/C29H28N2O7/c1-17(2)16-38-29(35)18-7-9-20(10-8-18)31-25(19-6-5-13-30-15-19)24(27(33)28(31)34)26(32)22-14-21(36-3)11-12-23(22)37-4/h5-15,17,25,32H,16H2,1-4H3/b26-24+. The van der Waals surface area contributed by atoms with Crippen LogP contribution in [0.5, 0.6) is 11.5 Å². The summed E-state index contributed by atoms with van der Waals surface area (Å²) >= 11 is 0. The number of hydrogen-bond acceptors (Lipinski definition) is 8. The highest BCUT2D eigenvalue weighted by molar-refractivity contribution is 6.51. The molecule has 1 saturated heterocycles. The maximum atomic E-state index is 13.4. The minimum absolute atomic E-state index is 0.130. The van der Waals surface area contributed by atoms with Gasteiger partial charge in [0.1, 0.15) is 17.3 Å². The highest BCUT2D eigenvalue weighted by Gasteiger charge is 2.47. The predicted molar refractivity (Wildman–Crippen MR) is 140 cm³/mol. The summed E-state index contributed by atoms with van der Waals surface area (Å²) < 4.78 is 16.0. The summed E-state index contributed by atoms with van der Waals surface area (Å²) in [5.74, 6) is -1.69. The minimum atomic E-state index is -0.988. The second kappa shape index (κ2) is 11.2. The summed E-state index contributed by atoms with van der Waals surface area (Å²) in [4.78, 5) is 44.6. The largest absolute Gasteiger partial charge is 0.507 e. The van der Waals surface area contributed by atoms with Gasteiger partial charge < -0.3 is 19.3 Å². The molecule has 2 aromatic carbocycles. The van der Waals surface area contributed by atoms with Gasteiger partial charge in [-0.1, -0.05) is 19.9 Å². The second-order valence-electron chi connectivity index (χ2n) is 9.06. The van der Waals surface area contributed by atoms with Crippen molar-refractivity contribution in [1.29, 1.82) is 0 Å². The number of aromatic nitrogens is 1. The average Bonchev–Trinajstić information content (AvgIpc) is 3.21. The Labute approximate surface area is 220 Å². The first-order chi connectivity index (χ1) is 18.3. The van der Waals surface area contributed by atoms with Crippen LogP contribution in [-0.2, 0) is 14.3 Å². The van der Waals surface area contributed by atoms with E-state index < -0.39 is 29.5 Å². The van der Waals surface area contributed by atoms with E-state index in [9.17, 15) is 19.5 Å². The lowest BCUT2D eigenvalue weighted by Crippen LogP contribution is -2.29. The first-order valence-electron chi connectivity index (χ1n) is 12.0. The quantitative estimate of drug-likeness (QED) is 0.201. The zero-order chi connectivity index (χ0) is 27.4. The Balaban J connectivity index is 1.83. The van der Waals surface area contributed by atoms with E-state index in [0.29, 0.717) is 28.3 Å². The Bertz CT molecular complexity index is 1380. The van der Waals surface area contributed by atoms with Gasteiger partial charge in [-0.05, 0) is 60.0 Å². The van der Waals surface area contributed by atoms with Crippen LogP contribution in [0.1, 0.15) is 41.4 Å². The van der Waals surface area contributed by atoms with Crippen molar-refractivity contribution < 1.29 is 33.7 Å². The number of rotatable bonds is 8. The highest BCUT2D eigenvalue weighted by atomic mass is 16.5. The number of carbonyl (C=O) groups is 3. The monoisotopic (exact) mass is 516 g/mol.